The fraction of sp³-hybridized carbons (Fsp3) is 0.941. The van der Waals surface area contributed by atoms with Crippen molar-refractivity contribution in [2.45, 2.75) is 72.3 Å². The van der Waals surface area contributed by atoms with Gasteiger partial charge in [-0.15, -0.1) is 10.8 Å². The van der Waals surface area contributed by atoms with Crippen LogP contribution in [0.1, 0.15) is 66.7 Å². The summed E-state index contributed by atoms with van der Waals surface area (Å²) in [5.74, 6) is 1.86. The van der Waals surface area contributed by atoms with Gasteiger partial charge in [0, 0.05) is 13.0 Å². The van der Waals surface area contributed by atoms with Gasteiger partial charge in [0.1, 0.15) is 5.60 Å². The van der Waals surface area contributed by atoms with Crippen LogP contribution in [0.25, 0.3) is 0 Å². The standard InChI is InChI=1S/C17H35N3O3/c1-6-16(21)18-11-13(2)15-9-7-14(8-10-15)12-19-20(22)23-17(3,4)5/h13-15,19-20H,6-12H2,1-5H3,(H,18,21)/t13-,14?,15?/m0/s1. The first kappa shape index (κ1) is 20.4. The average Bonchev–Trinajstić information content (AvgIpc) is 2.49. The molecule has 0 heterocycles. The van der Waals surface area contributed by atoms with Crippen molar-refractivity contribution in [1.29, 1.82) is 0 Å². The zero-order valence-corrected chi connectivity index (χ0v) is 15.4. The van der Waals surface area contributed by atoms with E-state index in [0.29, 0.717) is 30.7 Å². The summed E-state index contributed by atoms with van der Waals surface area (Å²) in [6.07, 6.45) is 5.16. The number of carbonyl (C=O) groups excluding carboxylic acids is 1. The van der Waals surface area contributed by atoms with Gasteiger partial charge in [-0.1, -0.05) is 13.8 Å². The van der Waals surface area contributed by atoms with E-state index in [2.05, 4.69) is 17.7 Å². The van der Waals surface area contributed by atoms with Gasteiger partial charge in [-0.2, -0.15) is 4.84 Å². The normalized spacial score (nSPS) is 25.0. The van der Waals surface area contributed by atoms with Gasteiger partial charge >= 0.3 is 0 Å². The molecule has 0 saturated heterocycles. The van der Waals surface area contributed by atoms with Crippen molar-refractivity contribution in [3.63, 3.8) is 0 Å². The van der Waals surface area contributed by atoms with Crippen LogP contribution in [0.2, 0.25) is 0 Å². The fourth-order valence-corrected chi connectivity index (χ4v) is 3.07. The van der Waals surface area contributed by atoms with Gasteiger partial charge in [-0.05, 0) is 64.2 Å². The highest BCUT2D eigenvalue weighted by atomic mass is 16.9. The molecule has 6 nitrogen and oxygen atoms in total. The molecule has 1 rings (SSSR count). The number of carbonyl (C=O) groups is 1. The Kier molecular flexibility index (Phi) is 8.47. The van der Waals surface area contributed by atoms with E-state index in [9.17, 15) is 10.0 Å². The smallest absolute Gasteiger partial charge is 0.219 e. The minimum atomic E-state index is -0.444. The Balaban J connectivity index is 2.21. The minimum Gasteiger partial charge on any atom is -0.579 e. The van der Waals surface area contributed by atoms with Crippen molar-refractivity contribution in [3.05, 3.63) is 5.21 Å². The summed E-state index contributed by atoms with van der Waals surface area (Å²) in [5.41, 5.74) is 2.44. The maximum absolute atomic E-state index is 11.7. The quantitative estimate of drug-likeness (QED) is 0.591. The first-order valence-electron chi connectivity index (χ1n) is 8.94. The van der Waals surface area contributed by atoms with Crippen molar-refractivity contribution in [2.75, 3.05) is 13.1 Å². The predicted molar refractivity (Wildman–Crippen MR) is 91.1 cm³/mol. The van der Waals surface area contributed by atoms with E-state index in [1.807, 2.05) is 27.7 Å². The van der Waals surface area contributed by atoms with Crippen LogP contribution in [0, 0.1) is 23.0 Å². The molecule has 2 atom stereocenters. The van der Waals surface area contributed by atoms with E-state index in [-0.39, 0.29) is 11.2 Å². The molecule has 6 heteroatoms. The molecule has 0 spiro atoms. The topological polar surface area (TPSA) is 77.9 Å². The summed E-state index contributed by atoms with van der Waals surface area (Å²) in [4.78, 5) is 16.6. The second kappa shape index (κ2) is 9.57. The molecule has 0 aromatic heterocycles. The van der Waals surface area contributed by atoms with Crippen LogP contribution < -0.4 is 16.1 Å². The highest BCUT2D eigenvalue weighted by Crippen LogP contribution is 2.32. The Morgan fingerprint density at radius 3 is 2.43 bits per heavy atom. The third kappa shape index (κ3) is 8.65. The first-order valence-corrected chi connectivity index (χ1v) is 8.94. The molecule has 3 N–H and O–H groups in total. The van der Waals surface area contributed by atoms with Gasteiger partial charge in [-0.25, -0.2) is 0 Å². The number of nitrogens with one attached hydrogen (secondary N) is 3. The maximum Gasteiger partial charge on any atom is 0.219 e. The van der Waals surface area contributed by atoms with Gasteiger partial charge in [0.15, 0.2) is 0 Å². The first-order chi connectivity index (χ1) is 10.7. The fourth-order valence-electron chi connectivity index (χ4n) is 3.07. The number of hydrogen-bond donors (Lipinski definition) is 3. The van der Waals surface area contributed by atoms with E-state index in [1.165, 1.54) is 12.8 Å². The molecule has 1 aliphatic carbocycles. The number of hydrogen-bond acceptors (Lipinski definition) is 4. The molecule has 1 aliphatic rings. The monoisotopic (exact) mass is 329 g/mol. The molecule has 0 aliphatic heterocycles. The lowest BCUT2D eigenvalue weighted by Crippen LogP contribution is -3.14. The molecule has 1 fully saturated rings. The Labute approximate surface area is 140 Å². The van der Waals surface area contributed by atoms with E-state index >= 15 is 0 Å². The minimum absolute atomic E-state index is 0.132. The molecule has 0 radical (unpaired) electrons. The van der Waals surface area contributed by atoms with Gasteiger partial charge in [0.25, 0.3) is 0 Å². The Morgan fingerprint density at radius 2 is 1.91 bits per heavy atom. The summed E-state index contributed by atoms with van der Waals surface area (Å²) in [7, 11) is 0. The lowest BCUT2D eigenvalue weighted by molar-refractivity contribution is -1.10. The summed E-state index contributed by atoms with van der Waals surface area (Å²) in [5, 5.41) is 14.3. The third-order valence-electron chi connectivity index (χ3n) is 4.57. The van der Waals surface area contributed by atoms with Gasteiger partial charge in [-0.3, -0.25) is 4.79 Å². The Bertz CT molecular complexity index is 349. The number of amides is 1. The van der Waals surface area contributed by atoms with E-state index in [1.54, 1.807) is 0 Å². The summed E-state index contributed by atoms with van der Waals surface area (Å²) >= 11 is 0. The van der Waals surface area contributed by atoms with Crippen molar-refractivity contribution in [2.24, 2.45) is 17.8 Å². The Morgan fingerprint density at radius 1 is 1.30 bits per heavy atom. The van der Waals surface area contributed by atoms with Gasteiger partial charge < -0.3 is 10.5 Å². The van der Waals surface area contributed by atoms with E-state index in [4.69, 9.17) is 4.84 Å². The largest absolute Gasteiger partial charge is 0.579 e. The molecular formula is C17H35N3O3. The van der Waals surface area contributed by atoms with Crippen LogP contribution in [0.15, 0.2) is 0 Å². The van der Waals surface area contributed by atoms with E-state index in [0.717, 1.165) is 19.4 Å². The van der Waals surface area contributed by atoms with Gasteiger partial charge in [0.2, 0.25) is 5.91 Å². The van der Waals surface area contributed by atoms with Crippen LogP contribution in [0.3, 0.4) is 0 Å². The van der Waals surface area contributed by atoms with Crippen LogP contribution in [0.4, 0.5) is 0 Å². The van der Waals surface area contributed by atoms with Gasteiger partial charge in [0.05, 0.1) is 6.54 Å². The summed E-state index contributed by atoms with van der Waals surface area (Å²) in [6.45, 7) is 11.2. The zero-order chi connectivity index (χ0) is 17.5. The molecule has 0 bridgehead atoms. The maximum atomic E-state index is 11.7. The van der Waals surface area contributed by atoms with Crippen LogP contribution >= 0.6 is 0 Å². The molecule has 0 aromatic rings. The molecule has 23 heavy (non-hydrogen) atoms. The Hall–Kier alpha value is -0.690. The summed E-state index contributed by atoms with van der Waals surface area (Å²) in [6, 6.07) is 0. The molecule has 1 amide bonds. The molecule has 1 unspecified atom stereocenters. The number of rotatable bonds is 8. The van der Waals surface area contributed by atoms with Crippen molar-refractivity contribution >= 4 is 5.91 Å². The van der Waals surface area contributed by atoms with Crippen LogP contribution in [-0.2, 0) is 9.63 Å². The summed E-state index contributed by atoms with van der Waals surface area (Å²) < 4.78 is 0. The average molecular weight is 329 g/mol. The lowest BCUT2D eigenvalue weighted by Gasteiger charge is -2.33. The molecule has 0 aromatic carbocycles. The SMILES string of the molecule is CCC(=O)NC[C@H](C)C1CCC(CN[NH+]([O-])OC(C)(C)C)CC1. The van der Waals surface area contributed by atoms with Crippen molar-refractivity contribution in [1.82, 2.24) is 10.7 Å². The zero-order valence-electron chi connectivity index (χ0n) is 15.4. The van der Waals surface area contributed by atoms with Crippen molar-refractivity contribution in [3.8, 4) is 0 Å². The highest BCUT2D eigenvalue weighted by molar-refractivity contribution is 5.75. The van der Waals surface area contributed by atoms with E-state index < -0.39 is 5.60 Å². The van der Waals surface area contributed by atoms with Crippen LogP contribution in [-0.4, -0.2) is 24.6 Å². The predicted octanol–water partition coefficient (Wildman–Crippen LogP) is 1.57. The molecule has 136 valence electrons. The van der Waals surface area contributed by atoms with Crippen molar-refractivity contribution < 1.29 is 15.0 Å². The molecular weight excluding hydrogens is 294 g/mol. The third-order valence-corrected chi connectivity index (χ3v) is 4.57. The second-order valence-corrected chi connectivity index (χ2v) is 7.80. The number of quaternary nitrogens is 1. The van der Waals surface area contributed by atoms with Crippen LogP contribution in [0.5, 0.6) is 0 Å². The lowest BCUT2D eigenvalue weighted by atomic mass is 9.76. The second-order valence-electron chi connectivity index (χ2n) is 7.80. The molecule has 1 saturated carbocycles. The highest BCUT2D eigenvalue weighted by Gasteiger charge is 2.26.